The molecule has 14 heavy (non-hydrogen) atoms. The van der Waals surface area contributed by atoms with Crippen LogP contribution in [0.25, 0.3) is 0 Å². The summed E-state index contributed by atoms with van der Waals surface area (Å²) < 4.78 is 5.12. The molecule has 0 spiro atoms. The number of ether oxygens (including phenoxy) is 1. The number of esters is 1. The van der Waals surface area contributed by atoms with E-state index in [1.807, 2.05) is 13.8 Å². The molecule has 0 saturated carbocycles. The van der Waals surface area contributed by atoms with Crippen LogP contribution in [0.3, 0.4) is 0 Å². The first-order valence-electron chi connectivity index (χ1n) is 4.97. The Morgan fingerprint density at radius 3 is 2.79 bits per heavy atom. The molecule has 1 saturated heterocycles. The number of cyclic esters (lactones) is 1. The third-order valence-electron chi connectivity index (χ3n) is 2.61. The first kappa shape index (κ1) is 11.2. The van der Waals surface area contributed by atoms with Gasteiger partial charge in [0.25, 0.3) is 0 Å². The predicted octanol–water partition coefficient (Wildman–Crippen LogP) is 1.80. The van der Waals surface area contributed by atoms with Crippen molar-refractivity contribution in [3.8, 4) is 0 Å². The molecule has 1 heterocycles. The molecule has 0 unspecified atom stereocenters. The van der Waals surface area contributed by atoms with E-state index in [1.54, 1.807) is 6.92 Å². The minimum absolute atomic E-state index is 0.130. The maximum atomic E-state index is 11.0. The van der Waals surface area contributed by atoms with Crippen molar-refractivity contribution in [1.29, 1.82) is 0 Å². The summed E-state index contributed by atoms with van der Waals surface area (Å²) >= 11 is 0. The Labute approximate surface area is 84.8 Å². The summed E-state index contributed by atoms with van der Waals surface area (Å²) in [5.74, 6) is -0.294. The SMILES string of the molecule is CC(C)=CCC[C@@]1(C)OC(=O)C[C@H]1O. The van der Waals surface area contributed by atoms with Gasteiger partial charge in [0.1, 0.15) is 11.7 Å². The number of carbonyl (C=O) groups is 1. The van der Waals surface area contributed by atoms with Gasteiger partial charge in [-0.05, 0) is 33.6 Å². The van der Waals surface area contributed by atoms with E-state index in [1.165, 1.54) is 5.57 Å². The third kappa shape index (κ3) is 2.58. The van der Waals surface area contributed by atoms with Gasteiger partial charge >= 0.3 is 5.97 Å². The van der Waals surface area contributed by atoms with Crippen LogP contribution in [0, 0.1) is 0 Å². The fourth-order valence-electron chi connectivity index (χ4n) is 1.61. The minimum Gasteiger partial charge on any atom is -0.456 e. The molecule has 2 atom stereocenters. The van der Waals surface area contributed by atoms with Crippen molar-refractivity contribution in [3.63, 3.8) is 0 Å². The Balaban J connectivity index is 2.50. The van der Waals surface area contributed by atoms with Crippen molar-refractivity contribution in [3.05, 3.63) is 11.6 Å². The lowest BCUT2D eigenvalue weighted by Gasteiger charge is -2.25. The fourth-order valence-corrected chi connectivity index (χ4v) is 1.61. The lowest BCUT2D eigenvalue weighted by Crippen LogP contribution is -2.35. The molecule has 0 amide bonds. The highest BCUT2D eigenvalue weighted by Crippen LogP contribution is 2.31. The van der Waals surface area contributed by atoms with E-state index >= 15 is 0 Å². The molecule has 1 N–H and O–H groups in total. The van der Waals surface area contributed by atoms with Crippen molar-refractivity contribution < 1.29 is 14.6 Å². The van der Waals surface area contributed by atoms with E-state index in [0.717, 1.165) is 6.42 Å². The number of allylic oxidation sites excluding steroid dienone is 2. The lowest BCUT2D eigenvalue weighted by molar-refractivity contribution is -0.149. The molecule has 1 fully saturated rings. The van der Waals surface area contributed by atoms with Crippen LogP contribution in [-0.2, 0) is 9.53 Å². The lowest BCUT2D eigenvalue weighted by atomic mass is 9.93. The van der Waals surface area contributed by atoms with Gasteiger partial charge in [0.15, 0.2) is 0 Å². The second-order valence-electron chi connectivity index (χ2n) is 4.33. The Morgan fingerprint density at radius 2 is 2.36 bits per heavy atom. The fraction of sp³-hybridized carbons (Fsp3) is 0.727. The zero-order chi connectivity index (χ0) is 10.8. The van der Waals surface area contributed by atoms with Gasteiger partial charge in [-0.2, -0.15) is 0 Å². The highest BCUT2D eigenvalue weighted by Gasteiger charge is 2.43. The molecule has 1 aliphatic heterocycles. The molecule has 1 aliphatic rings. The van der Waals surface area contributed by atoms with Gasteiger partial charge in [0.2, 0.25) is 0 Å². The summed E-state index contributed by atoms with van der Waals surface area (Å²) in [7, 11) is 0. The summed E-state index contributed by atoms with van der Waals surface area (Å²) in [6, 6.07) is 0. The summed E-state index contributed by atoms with van der Waals surface area (Å²) in [6.45, 7) is 5.85. The highest BCUT2D eigenvalue weighted by molar-refractivity contribution is 5.73. The van der Waals surface area contributed by atoms with Gasteiger partial charge in [0.05, 0.1) is 6.42 Å². The Kier molecular flexibility index (Phi) is 3.32. The number of aliphatic hydroxyl groups excluding tert-OH is 1. The maximum absolute atomic E-state index is 11.0. The van der Waals surface area contributed by atoms with E-state index < -0.39 is 11.7 Å². The molecule has 0 radical (unpaired) electrons. The van der Waals surface area contributed by atoms with Crippen molar-refractivity contribution in [2.45, 2.75) is 51.7 Å². The van der Waals surface area contributed by atoms with Crippen LogP contribution in [0.15, 0.2) is 11.6 Å². The van der Waals surface area contributed by atoms with Crippen molar-refractivity contribution in [2.75, 3.05) is 0 Å². The van der Waals surface area contributed by atoms with E-state index in [9.17, 15) is 9.90 Å². The molecule has 0 bridgehead atoms. The Morgan fingerprint density at radius 1 is 1.71 bits per heavy atom. The maximum Gasteiger partial charge on any atom is 0.309 e. The van der Waals surface area contributed by atoms with Crippen LogP contribution >= 0.6 is 0 Å². The molecule has 80 valence electrons. The minimum atomic E-state index is -0.678. The molecule has 0 aromatic heterocycles. The molecule has 0 aromatic carbocycles. The van der Waals surface area contributed by atoms with Crippen LogP contribution in [-0.4, -0.2) is 22.8 Å². The number of carbonyl (C=O) groups excluding carboxylic acids is 1. The van der Waals surface area contributed by atoms with Gasteiger partial charge in [-0.15, -0.1) is 0 Å². The van der Waals surface area contributed by atoms with Gasteiger partial charge in [-0.25, -0.2) is 0 Å². The number of hydrogen-bond donors (Lipinski definition) is 1. The monoisotopic (exact) mass is 198 g/mol. The van der Waals surface area contributed by atoms with E-state index in [4.69, 9.17) is 4.74 Å². The molecule has 0 aliphatic carbocycles. The van der Waals surface area contributed by atoms with Gasteiger partial charge in [-0.1, -0.05) is 11.6 Å². The first-order chi connectivity index (χ1) is 6.44. The standard InChI is InChI=1S/C11H18O3/c1-8(2)5-4-6-11(3)9(12)7-10(13)14-11/h5,9,12H,4,6-7H2,1-3H3/t9-,11-/m1/s1. The molecular weight excluding hydrogens is 180 g/mol. The Bertz CT molecular complexity index is 253. The third-order valence-corrected chi connectivity index (χ3v) is 2.61. The number of aliphatic hydroxyl groups is 1. The molecule has 3 heteroatoms. The average Bonchev–Trinajstić information content (AvgIpc) is 2.25. The summed E-state index contributed by atoms with van der Waals surface area (Å²) in [4.78, 5) is 11.0. The first-order valence-corrected chi connectivity index (χ1v) is 4.97. The van der Waals surface area contributed by atoms with E-state index in [0.29, 0.717) is 6.42 Å². The predicted molar refractivity (Wildman–Crippen MR) is 53.8 cm³/mol. The van der Waals surface area contributed by atoms with Crippen LogP contribution < -0.4 is 0 Å². The topological polar surface area (TPSA) is 46.5 Å². The number of rotatable bonds is 3. The smallest absolute Gasteiger partial charge is 0.309 e. The zero-order valence-corrected chi connectivity index (χ0v) is 9.04. The summed E-state index contributed by atoms with van der Waals surface area (Å²) in [5, 5.41) is 9.62. The van der Waals surface area contributed by atoms with Gasteiger partial charge in [0, 0.05) is 0 Å². The van der Waals surface area contributed by atoms with Crippen LogP contribution in [0.4, 0.5) is 0 Å². The van der Waals surface area contributed by atoms with Crippen LogP contribution in [0.1, 0.15) is 40.0 Å². The second-order valence-corrected chi connectivity index (χ2v) is 4.33. The van der Waals surface area contributed by atoms with Crippen LogP contribution in [0.2, 0.25) is 0 Å². The number of hydrogen-bond acceptors (Lipinski definition) is 3. The van der Waals surface area contributed by atoms with Gasteiger partial charge in [-0.3, -0.25) is 4.79 Å². The zero-order valence-electron chi connectivity index (χ0n) is 9.04. The van der Waals surface area contributed by atoms with Crippen molar-refractivity contribution in [2.24, 2.45) is 0 Å². The second kappa shape index (κ2) is 4.13. The normalized spacial score (nSPS) is 31.4. The van der Waals surface area contributed by atoms with Gasteiger partial charge < -0.3 is 9.84 Å². The van der Waals surface area contributed by atoms with E-state index in [2.05, 4.69) is 6.08 Å². The largest absolute Gasteiger partial charge is 0.456 e. The van der Waals surface area contributed by atoms with Crippen molar-refractivity contribution >= 4 is 5.97 Å². The molecule has 1 rings (SSSR count). The highest BCUT2D eigenvalue weighted by atomic mass is 16.6. The van der Waals surface area contributed by atoms with Crippen molar-refractivity contribution in [1.82, 2.24) is 0 Å². The quantitative estimate of drug-likeness (QED) is 0.555. The summed E-state index contributed by atoms with van der Waals surface area (Å²) in [6.07, 6.45) is 3.09. The molecule has 0 aromatic rings. The van der Waals surface area contributed by atoms with E-state index in [-0.39, 0.29) is 12.4 Å². The average molecular weight is 198 g/mol. The molecule has 3 nitrogen and oxygen atoms in total. The Hall–Kier alpha value is -0.830. The van der Waals surface area contributed by atoms with Crippen LogP contribution in [0.5, 0.6) is 0 Å². The molecular formula is C11H18O3. The summed E-state index contributed by atoms with van der Waals surface area (Å²) in [5.41, 5.74) is 0.565.